The van der Waals surface area contributed by atoms with E-state index >= 15 is 0 Å². The predicted octanol–water partition coefficient (Wildman–Crippen LogP) is 2.87. The van der Waals surface area contributed by atoms with Gasteiger partial charge in [-0.15, -0.1) is 10.2 Å². The number of nitrogens with zero attached hydrogens (tertiary/aromatic N) is 3. The highest BCUT2D eigenvalue weighted by Gasteiger charge is 2.35. The van der Waals surface area contributed by atoms with Crippen molar-refractivity contribution in [1.82, 2.24) is 10.2 Å². The average molecular weight is 354 g/mol. The van der Waals surface area contributed by atoms with Gasteiger partial charge in [0.25, 0.3) is 0 Å². The third-order valence-electron chi connectivity index (χ3n) is 2.92. The lowest BCUT2D eigenvalue weighted by molar-refractivity contribution is -0.141. The van der Waals surface area contributed by atoms with E-state index < -0.39 is 11.9 Å². The summed E-state index contributed by atoms with van der Waals surface area (Å²) < 4.78 is 43.2. The van der Waals surface area contributed by atoms with Gasteiger partial charge in [0.1, 0.15) is 0 Å². The Labute approximate surface area is 123 Å². The molecule has 0 radical (unpaired) electrons. The molecule has 1 saturated heterocycles. The third kappa shape index (κ3) is 3.60. The van der Waals surface area contributed by atoms with E-state index in [2.05, 4.69) is 26.1 Å². The molecule has 1 aromatic rings. The molecule has 2 heterocycles. The molecule has 8 heteroatoms. The van der Waals surface area contributed by atoms with Gasteiger partial charge in [-0.1, -0.05) is 15.9 Å². The lowest BCUT2D eigenvalue weighted by Crippen LogP contribution is -2.53. The van der Waals surface area contributed by atoms with Crippen molar-refractivity contribution in [2.75, 3.05) is 23.3 Å². The minimum absolute atomic E-state index is 0.0390. The summed E-state index contributed by atoms with van der Waals surface area (Å²) in [7, 11) is 0. The van der Waals surface area contributed by atoms with E-state index in [1.807, 2.05) is 18.7 Å². The number of anilines is 1. The highest BCUT2D eigenvalue weighted by atomic mass is 79.9. The topological polar surface area (TPSA) is 38.2 Å². The smallest absolute Gasteiger partial charge is 0.368 e. The van der Waals surface area contributed by atoms with Crippen molar-refractivity contribution < 1.29 is 17.9 Å². The van der Waals surface area contributed by atoms with Crippen LogP contribution in [0.15, 0.2) is 12.1 Å². The van der Waals surface area contributed by atoms with E-state index in [1.54, 1.807) is 0 Å². The monoisotopic (exact) mass is 353 g/mol. The molecule has 0 saturated carbocycles. The van der Waals surface area contributed by atoms with Gasteiger partial charge in [0.05, 0.1) is 11.7 Å². The molecule has 112 valence electrons. The molecule has 1 aliphatic heterocycles. The summed E-state index contributed by atoms with van der Waals surface area (Å²) in [4.78, 5) is 1.89. The van der Waals surface area contributed by atoms with E-state index in [1.165, 1.54) is 6.07 Å². The summed E-state index contributed by atoms with van der Waals surface area (Å²) in [6.07, 6.45) is -4.50. The highest BCUT2D eigenvalue weighted by molar-refractivity contribution is 9.09. The van der Waals surface area contributed by atoms with Crippen molar-refractivity contribution in [2.45, 2.75) is 31.7 Å². The van der Waals surface area contributed by atoms with Crippen LogP contribution in [0.1, 0.15) is 19.5 Å². The Hall–Kier alpha value is -0.890. The number of hydrogen-bond donors (Lipinski definition) is 0. The molecule has 20 heavy (non-hydrogen) atoms. The Morgan fingerprint density at radius 1 is 1.40 bits per heavy atom. The summed E-state index contributed by atoms with van der Waals surface area (Å²) in [5, 5.41) is 7.60. The lowest BCUT2D eigenvalue weighted by atomic mass is 10.1. The zero-order chi connectivity index (χ0) is 15.0. The van der Waals surface area contributed by atoms with Gasteiger partial charge < -0.3 is 9.64 Å². The number of halogens is 4. The summed E-state index contributed by atoms with van der Waals surface area (Å²) in [6, 6.07) is 2.30. The largest absolute Gasteiger partial charge is 0.435 e. The van der Waals surface area contributed by atoms with Gasteiger partial charge in [-0.05, 0) is 26.0 Å². The van der Waals surface area contributed by atoms with Crippen molar-refractivity contribution in [1.29, 1.82) is 0 Å². The van der Waals surface area contributed by atoms with Crippen molar-refractivity contribution in [2.24, 2.45) is 0 Å². The molecule has 1 atom stereocenters. The first-order chi connectivity index (χ1) is 9.21. The van der Waals surface area contributed by atoms with Crippen LogP contribution in [-0.4, -0.2) is 40.3 Å². The van der Waals surface area contributed by atoms with E-state index in [0.717, 1.165) is 6.07 Å². The standard InChI is InChI=1S/C12H15BrF3N3O/c1-11(2)7-19(6-8(5-13)20-11)10-4-3-9(17-18-10)12(14,15)16/h3-4,8H,5-7H2,1-2H3. The van der Waals surface area contributed by atoms with Crippen LogP contribution in [-0.2, 0) is 10.9 Å². The van der Waals surface area contributed by atoms with E-state index in [-0.39, 0.29) is 11.7 Å². The quantitative estimate of drug-likeness (QED) is 0.766. The summed E-state index contributed by atoms with van der Waals surface area (Å²) in [5.41, 5.74) is -1.37. The number of aromatic nitrogens is 2. The van der Waals surface area contributed by atoms with Crippen LogP contribution in [0.4, 0.5) is 19.0 Å². The molecule has 1 fully saturated rings. The average Bonchev–Trinajstić information content (AvgIpc) is 2.36. The summed E-state index contributed by atoms with van der Waals surface area (Å²) in [6.45, 7) is 4.99. The highest BCUT2D eigenvalue weighted by Crippen LogP contribution is 2.29. The van der Waals surface area contributed by atoms with Gasteiger partial charge in [0.2, 0.25) is 0 Å². The van der Waals surface area contributed by atoms with Gasteiger partial charge in [-0.3, -0.25) is 0 Å². The zero-order valence-corrected chi connectivity index (χ0v) is 12.7. The Balaban J connectivity index is 2.18. The molecule has 2 rings (SSSR count). The Morgan fingerprint density at radius 2 is 2.10 bits per heavy atom. The molecular weight excluding hydrogens is 339 g/mol. The maximum absolute atomic E-state index is 12.5. The number of morpholine rings is 1. The molecule has 0 bridgehead atoms. The second-order valence-electron chi connectivity index (χ2n) is 5.31. The molecule has 1 aliphatic rings. The molecule has 4 nitrogen and oxygen atoms in total. The van der Waals surface area contributed by atoms with Crippen LogP contribution in [0, 0.1) is 0 Å². The third-order valence-corrected chi connectivity index (χ3v) is 3.64. The lowest BCUT2D eigenvalue weighted by Gasteiger charge is -2.42. The second kappa shape index (κ2) is 5.48. The minimum atomic E-state index is -4.46. The maximum Gasteiger partial charge on any atom is 0.435 e. The van der Waals surface area contributed by atoms with Gasteiger partial charge in [-0.2, -0.15) is 13.2 Å². The Kier molecular flexibility index (Phi) is 4.24. The first-order valence-electron chi connectivity index (χ1n) is 6.11. The number of rotatable bonds is 2. The number of hydrogen-bond acceptors (Lipinski definition) is 4. The molecule has 0 spiro atoms. The normalized spacial score (nSPS) is 22.9. The molecular formula is C12H15BrF3N3O. The van der Waals surface area contributed by atoms with E-state index in [4.69, 9.17) is 4.74 Å². The fourth-order valence-electron chi connectivity index (χ4n) is 2.20. The van der Waals surface area contributed by atoms with Gasteiger partial charge in [-0.25, -0.2) is 0 Å². The SMILES string of the molecule is CC1(C)CN(c2ccc(C(F)(F)F)nn2)CC(CBr)O1. The van der Waals surface area contributed by atoms with Crippen molar-refractivity contribution in [3.8, 4) is 0 Å². The Bertz CT molecular complexity index is 464. The van der Waals surface area contributed by atoms with Gasteiger partial charge in [0, 0.05) is 18.4 Å². The van der Waals surface area contributed by atoms with E-state index in [9.17, 15) is 13.2 Å². The molecule has 0 amide bonds. The minimum Gasteiger partial charge on any atom is -0.368 e. The first kappa shape index (κ1) is 15.5. The fraction of sp³-hybridized carbons (Fsp3) is 0.667. The van der Waals surface area contributed by atoms with Crippen LogP contribution in [0.3, 0.4) is 0 Å². The summed E-state index contributed by atoms with van der Waals surface area (Å²) in [5.74, 6) is 0.431. The Morgan fingerprint density at radius 3 is 2.60 bits per heavy atom. The first-order valence-corrected chi connectivity index (χ1v) is 7.23. The predicted molar refractivity (Wildman–Crippen MR) is 72.0 cm³/mol. The van der Waals surface area contributed by atoms with Gasteiger partial charge in [0.15, 0.2) is 11.5 Å². The van der Waals surface area contributed by atoms with Crippen LogP contribution in [0.25, 0.3) is 0 Å². The second-order valence-corrected chi connectivity index (χ2v) is 5.96. The van der Waals surface area contributed by atoms with Crippen molar-refractivity contribution >= 4 is 21.7 Å². The van der Waals surface area contributed by atoms with Crippen LogP contribution in [0.5, 0.6) is 0 Å². The van der Waals surface area contributed by atoms with Crippen molar-refractivity contribution in [3.63, 3.8) is 0 Å². The molecule has 1 unspecified atom stereocenters. The molecule has 0 aromatic carbocycles. The number of ether oxygens (including phenoxy) is 1. The number of alkyl halides is 4. The maximum atomic E-state index is 12.5. The van der Waals surface area contributed by atoms with E-state index in [0.29, 0.717) is 24.2 Å². The molecule has 1 aromatic heterocycles. The zero-order valence-electron chi connectivity index (χ0n) is 11.1. The fourth-order valence-corrected chi connectivity index (χ4v) is 2.53. The molecule has 0 N–H and O–H groups in total. The molecule has 0 aliphatic carbocycles. The summed E-state index contributed by atoms with van der Waals surface area (Å²) >= 11 is 3.36. The van der Waals surface area contributed by atoms with Crippen molar-refractivity contribution in [3.05, 3.63) is 17.8 Å². The van der Waals surface area contributed by atoms with Crippen LogP contribution < -0.4 is 4.90 Å². The van der Waals surface area contributed by atoms with Gasteiger partial charge >= 0.3 is 6.18 Å². The van der Waals surface area contributed by atoms with Crippen LogP contribution in [0.2, 0.25) is 0 Å². The van der Waals surface area contributed by atoms with Crippen LogP contribution >= 0.6 is 15.9 Å².